The van der Waals surface area contributed by atoms with E-state index in [1.807, 2.05) is 0 Å². The third kappa shape index (κ3) is 3.40. The maximum atomic E-state index is 13.7. The number of nitrogens with zero attached hydrogens (tertiary/aromatic N) is 1. The molecule has 21 heavy (non-hydrogen) atoms. The highest BCUT2D eigenvalue weighted by molar-refractivity contribution is 5.90. The second-order valence-electron chi connectivity index (χ2n) is 4.29. The van der Waals surface area contributed by atoms with E-state index in [-0.39, 0.29) is 5.82 Å². The van der Waals surface area contributed by atoms with Crippen molar-refractivity contribution in [3.05, 3.63) is 59.4 Å². The minimum atomic E-state index is -0.375. The first-order valence-electron chi connectivity index (χ1n) is 6.27. The van der Waals surface area contributed by atoms with E-state index in [2.05, 4.69) is 6.07 Å². The van der Waals surface area contributed by atoms with Gasteiger partial charge in [-0.1, -0.05) is 18.2 Å². The standard InChI is InChI=1S/C17H14FNO2/c1-20-15-8-13(9-16(10-15)21-2)14(11-19)7-12-5-3-4-6-17(12)18/h3-10H,1-2H3/b14-7+. The molecular formula is C17H14FNO2. The zero-order valence-corrected chi connectivity index (χ0v) is 11.8. The Morgan fingerprint density at radius 3 is 2.24 bits per heavy atom. The maximum Gasteiger partial charge on any atom is 0.130 e. The second kappa shape index (κ2) is 6.58. The Balaban J connectivity index is 2.52. The molecule has 0 atom stereocenters. The first-order valence-corrected chi connectivity index (χ1v) is 6.27. The average Bonchev–Trinajstić information content (AvgIpc) is 2.53. The van der Waals surface area contributed by atoms with Gasteiger partial charge >= 0.3 is 0 Å². The molecule has 0 unspecified atom stereocenters. The lowest BCUT2D eigenvalue weighted by atomic mass is 10.0. The summed E-state index contributed by atoms with van der Waals surface area (Å²) in [5.41, 5.74) is 1.30. The molecule has 0 spiro atoms. The molecule has 0 aliphatic carbocycles. The summed E-state index contributed by atoms with van der Waals surface area (Å²) in [5.74, 6) is 0.762. The molecule has 0 aliphatic heterocycles. The molecule has 0 fully saturated rings. The normalized spacial score (nSPS) is 10.9. The van der Waals surface area contributed by atoms with Gasteiger partial charge < -0.3 is 9.47 Å². The summed E-state index contributed by atoms with van der Waals surface area (Å²) < 4.78 is 24.0. The lowest BCUT2D eigenvalue weighted by Gasteiger charge is -2.08. The SMILES string of the molecule is COc1cc(OC)cc(/C(C#N)=C/c2ccccc2F)c1. The largest absolute Gasteiger partial charge is 0.497 e. The Morgan fingerprint density at radius 2 is 1.71 bits per heavy atom. The lowest BCUT2D eigenvalue weighted by Crippen LogP contribution is -1.91. The molecule has 2 aromatic carbocycles. The van der Waals surface area contributed by atoms with Crippen LogP contribution in [0.25, 0.3) is 11.6 Å². The van der Waals surface area contributed by atoms with Gasteiger partial charge in [-0.15, -0.1) is 0 Å². The summed E-state index contributed by atoms with van der Waals surface area (Å²) in [6.45, 7) is 0. The van der Waals surface area contributed by atoms with Crippen molar-refractivity contribution < 1.29 is 13.9 Å². The van der Waals surface area contributed by atoms with E-state index in [1.165, 1.54) is 26.4 Å². The third-order valence-corrected chi connectivity index (χ3v) is 2.99. The lowest BCUT2D eigenvalue weighted by molar-refractivity contribution is 0.394. The predicted molar refractivity (Wildman–Crippen MR) is 79.4 cm³/mol. The fourth-order valence-electron chi connectivity index (χ4n) is 1.89. The number of methoxy groups -OCH3 is 2. The van der Waals surface area contributed by atoms with Crippen LogP contribution in [0.3, 0.4) is 0 Å². The molecule has 3 nitrogen and oxygen atoms in total. The van der Waals surface area contributed by atoms with Gasteiger partial charge in [-0.2, -0.15) is 5.26 Å². The van der Waals surface area contributed by atoms with Gasteiger partial charge in [0.2, 0.25) is 0 Å². The molecular weight excluding hydrogens is 269 g/mol. The van der Waals surface area contributed by atoms with Crippen LogP contribution in [0.2, 0.25) is 0 Å². The van der Waals surface area contributed by atoms with Gasteiger partial charge in [-0.05, 0) is 29.8 Å². The van der Waals surface area contributed by atoms with Gasteiger partial charge in [0.05, 0.1) is 25.9 Å². The zero-order valence-electron chi connectivity index (χ0n) is 11.8. The molecule has 4 heteroatoms. The molecule has 0 saturated heterocycles. The number of nitriles is 1. The first-order chi connectivity index (χ1) is 10.2. The smallest absolute Gasteiger partial charge is 0.130 e. The number of allylic oxidation sites excluding steroid dienone is 1. The van der Waals surface area contributed by atoms with Crippen LogP contribution in [0.1, 0.15) is 11.1 Å². The molecule has 0 radical (unpaired) electrons. The fourth-order valence-corrected chi connectivity index (χ4v) is 1.89. The Labute approximate surface area is 122 Å². The van der Waals surface area contributed by atoms with Gasteiger partial charge in [0.15, 0.2) is 0 Å². The van der Waals surface area contributed by atoms with Crippen LogP contribution in [0.5, 0.6) is 11.5 Å². The number of hydrogen-bond donors (Lipinski definition) is 0. The van der Waals surface area contributed by atoms with Crippen LogP contribution >= 0.6 is 0 Å². The van der Waals surface area contributed by atoms with Crippen LogP contribution in [-0.2, 0) is 0 Å². The van der Waals surface area contributed by atoms with Crippen molar-refractivity contribution in [2.24, 2.45) is 0 Å². The van der Waals surface area contributed by atoms with Crippen molar-refractivity contribution in [2.75, 3.05) is 14.2 Å². The van der Waals surface area contributed by atoms with Gasteiger partial charge in [0.25, 0.3) is 0 Å². The molecule has 0 heterocycles. The Hall–Kier alpha value is -2.80. The second-order valence-corrected chi connectivity index (χ2v) is 4.29. The summed E-state index contributed by atoms with van der Waals surface area (Å²) in [6.07, 6.45) is 1.50. The highest BCUT2D eigenvalue weighted by Crippen LogP contribution is 2.28. The quantitative estimate of drug-likeness (QED) is 0.631. The Morgan fingerprint density at radius 1 is 1.10 bits per heavy atom. The predicted octanol–water partition coefficient (Wildman–Crippen LogP) is 3.91. The minimum absolute atomic E-state index is 0.331. The number of hydrogen-bond acceptors (Lipinski definition) is 3. The minimum Gasteiger partial charge on any atom is -0.497 e. The van der Waals surface area contributed by atoms with E-state index in [0.29, 0.717) is 28.2 Å². The van der Waals surface area contributed by atoms with Crippen molar-refractivity contribution in [3.63, 3.8) is 0 Å². The number of halogens is 1. The molecule has 0 aromatic heterocycles. The average molecular weight is 283 g/mol. The van der Waals surface area contributed by atoms with E-state index in [9.17, 15) is 9.65 Å². The van der Waals surface area contributed by atoms with E-state index < -0.39 is 0 Å². The molecule has 0 N–H and O–H groups in total. The van der Waals surface area contributed by atoms with Gasteiger partial charge in [-0.25, -0.2) is 4.39 Å². The van der Waals surface area contributed by atoms with Crippen molar-refractivity contribution in [1.29, 1.82) is 5.26 Å². The van der Waals surface area contributed by atoms with Crippen molar-refractivity contribution in [1.82, 2.24) is 0 Å². The van der Waals surface area contributed by atoms with Crippen LogP contribution in [0.15, 0.2) is 42.5 Å². The monoisotopic (exact) mass is 283 g/mol. The van der Waals surface area contributed by atoms with E-state index in [4.69, 9.17) is 9.47 Å². The summed E-state index contributed by atoms with van der Waals surface area (Å²) in [6, 6.07) is 13.5. The van der Waals surface area contributed by atoms with Crippen molar-refractivity contribution >= 4 is 11.6 Å². The molecule has 106 valence electrons. The molecule has 0 amide bonds. The van der Waals surface area contributed by atoms with Gasteiger partial charge in [0, 0.05) is 11.6 Å². The van der Waals surface area contributed by atoms with Gasteiger partial charge in [-0.3, -0.25) is 0 Å². The summed E-state index contributed by atoms with van der Waals surface area (Å²) in [4.78, 5) is 0. The van der Waals surface area contributed by atoms with Crippen LogP contribution in [-0.4, -0.2) is 14.2 Å². The molecule has 2 aromatic rings. The number of ether oxygens (including phenoxy) is 2. The van der Waals surface area contributed by atoms with Crippen molar-refractivity contribution in [2.45, 2.75) is 0 Å². The maximum absolute atomic E-state index is 13.7. The fraction of sp³-hybridized carbons (Fsp3) is 0.118. The molecule has 0 aliphatic rings. The Kier molecular flexibility index (Phi) is 4.57. The number of rotatable bonds is 4. The van der Waals surface area contributed by atoms with Crippen LogP contribution in [0, 0.1) is 17.1 Å². The number of benzene rings is 2. The summed E-state index contributed by atoms with van der Waals surface area (Å²) in [5, 5.41) is 9.34. The highest BCUT2D eigenvalue weighted by atomic mass is 19.1. The van der Waals surface area contributed by atoms with E-state index in [0.717, 1.165) is 0 Å². The molecule has 2 rings (SSSR count). The third-order valence-electron chi connectivity index (χ3n) is 2.99. The topological polar surface area (TPSA) is 42.2 Å². The zero-order chi connectivity index (χ0) is 15.2. The summed E-state index contributed by atoms with van der Waals surface area (Å²) in [7, 11) is 3.07. The van der Waals surface area contributed by atoms with E-state index in [1.54, 1.807) is 36.4 Å². The highest BCUT2D eigenvalue weighted by Gasteiger charge is 2.08. The van der Waals surface area contributed by atoms with E-state index >= 15 is 0 Å². The van der Waals surface area contributed by atoms with Crippen LogP contribution < -0.4 is 9.47 Å². The van der Waals surface area contributed by atoms with Crippen LogP contribution in [0.4, 0.5) is 4.39 Å². The van der Waals surface area contributed by atoms with Gasteiger partial charge in [0.1, 0.15) is 17.3 Å². The Bertz CT molecular complexity index is 695. The molecule has 0 saturated carbocycles. The first kappa shape index (κ1) is 14.6. The summed E-state index contributed by atoms with van der Waals surface area (Å²) >= 11 is 0. The van der Waals surface area contributed by atoms with Crippen molar-refractivity contribution in [3.8, 4) is 17.6 Å². The molecule has 0 bridgehead atoms.